The van der Waals surface area contributed by atoms with Gasteiger partial charge in [-0.3, -0.25) is 19.2 Å². The lowest BCUT2D eigenvalue weighted by molar-refractivity contribution is -0.148. The van der Waals surface area contributed by atoms with Crippen LogP contribution in [0.4, 0.5) is 0 Å². The van der Waals surface area contributed by atoms with Gasteiger partial charge in [0.05, 0.1) is 47.7 Å². The van der Waals surface area contributed by atoms with Crippen LogP contribution in [-0.4, -0.2) is 103 Å². The van der Waals surface area contributed by atoms with E-state index in [0.29, 0.717) is 6.54 Å². The van der Waals surface area contributed by atoms with Crippen molar-refractivity contribution in [2.24, 2.45) is 23.5 Å². The van der Waals surface area contributed by atoms with Crippen LogP contribution in [0, 0.1) is 17.8 Å². The molecule has 11 heteroatoms. The van der Waals surface area contributed by atoms with Gasteiger partial charge in [-0.25, -0.2) is 0 Å². The number of carbonyl (C=O) groups excluding carboxylic acids is 4. The summed E-state index contributed by atoms with van der Waals surface area (Å²) in [6.45, 7) is 13.5. The lowest BCUT2D eigenvalue weighted by Gasteiger charge is -2.41. The Morgan fingerprint density at radius 3 is 2.27 bits per heavy atom. The summed E-state index contributed by atoms with van der Waals surface area (Å²) >= 11 is 0. The lowest BCUT2D eigenvalue weighted by atomic mass is 9.89. The third kappa shape index (κ3) is 7.65. The monoisotopic (exact) mass is 619 g/mol. The Morgan fingerprint density at radius 1 is 1.16 bits per heavy atom. The van der Waals surface area contributed by atoms with E-state index in [1.165, 1.54) is 5.57 Å². The fourth-order valence-electron chi connectivity index (χ4n) is 6.81. The molecule has 0 aromatic heterocycles. The zero-order valence-electron chi connectivity index (χ0n) is 28.6. The molecule has 44 heavy (non-hydrogen) atoms. The first kappa shape index (κ1) is 36.0. The number of nitrogens with one attached hydrogen (secondary N) is 2. The first-order valence-electron chi connectivity index (χ1n) is 16.3. The van der Waals surface area contributed by atoms with E-state index in [1.54, 1.807) is 40.0 Å². The number of nitrogens with zero attached hydrogens (tertiary/aromatic N) is 2. The quantitative estimate of drug-likeness (QED) is 0.225. The van der Waals surface area contributed by atoms with E-state index in [0.717, 1.165) is 32.1 Å². The van der Waals surface area contributed by atoms with Gasteiger partial charge in [-0.2, -0.15) is 0 Å². The normalized spacial score (nSPS) is 25.0. The Morgan fingerprint density at radius 2 is 1.82 bits per heavy atom. The Hall–Kier alpha value is -2.50. The fourth-order valence-corrected chi connectivity index (χ4v) is 6.81. The Kier molecular flexibility index (Phi) is 11.7. The number of ether oxygens (including phenoxy) is 2. The van der Waals surface area contributed by atoms with Crippen LogP contribution in [0.2, 0.25) is 0 Å². The molecule has 0 aromatic rings. The van der Waals surface area contributed by atoms with Crippen LogP contribution >= 0.6 is 0 Å². The average Bonchev–Trinajstić information content (AvgIpc) is 3.27. The van der Waals surface area contributed by atoms with E-state index in [-0.39, 0.29) is 47.6 Å². The van der Waals surface area contributed by atoms with E-state index in [2.05, 4.69) is 16.7 Å². The lowest BCUT2D eigenvalue weighted by Crippen LogP contribution is -2.60. The van der Waals surface area contributed by atoms with Crippen molar-refractivity contribution in [1.82, 2.24) is 20.4 Å². The van der Waals surface area contributed by atoms with Crippen LogP contribution in [0.3, 0.4) is 0 Å². The molecule has 3 aliphatic rings. The number of rotatable bonds is 16. The van der Waals surface area contributed by atoms with Gasteiger partial charge in [-0.05, 0) is 56.9 Å². The molecule has 1 saturated carbocycles. The van der Waals surface area contributed by atoms with Crippen molar-refractivity contribution in [1.29, 1.82) is 0 Å². The largest absolute Gasteiger partial charge is 0.379 e. The predicted octanol–water partition coefficient (Wildman–Crippen LogP) is 2.37. The van der Waals surface area contributed by atoms with Crippen LogP contribution in [0.15, 0.2) is 11.6 Å². The van der Waals surface area contributed by atoms with Gasteiger partial charge in [0.15, 0.2) is 0 Å². The highest BCUT2D eigenvalue weighted by Gasteiger charge is 2.55. The van der Waals surface area contributed by atoms with Crippen molar-refractivity contribution in [2.45, 2.75) is 128 Å². The number of nitrogens with two attached hydrogens (primary N) is 1. The van der Waals surface area contributed by atoms with Gasteiger partial charge in [0.2, 0.25) is 23.6 Å². The summed E-state index contributed by atoms with van der Waals surface area (Å²) in [7, 11) is 4.88. The minimum absolute atomic E-state index is 0.00762. The maximum absolute atomic E-state index is 13.9. The molecule has 250 valence electrons. The molecule has 4 amide bonds. The molecule has 8 unspecified atom stereocenters. The van der Waals surface area contributed by atoms with Gasteiger partial charge >= 0.3 is 0 Å². The van der Waals surface area contributed by atoms with Gasteiger partial charge in [-0.1, -0.05) is 47.1 Å². The standard InChI is InChI=1S/C33H57N5O6/c1-11-20(4)27(37(8)30(41)26(19(2)3)35-31(42)32(6,7)34)24(43-9)17-25(39)38-16-12-13-23(38)28(44-10)21(5)29(40)36-33-15-14-22(33)18-33/h14,19-21,23-24,26-28H,11-13,15-18,34H2,1-10H3,(H,35,42)(H,36,40). The number of likely N-dealkylation sites (N-methyl/N-ethyl adjacent to an activating group) is 1. The maximum atomic E-state index is 13.9. The summed E-state index contributed by atoms with van der Waals surface area (Å²) in [5.41, 5.74) is 6.04. The van der Waals surface area contributed by atoms with Crippen LogP contribution in [0.25, 0.3) is 0 Å². The summed E-state index contributed by atoms with van der Waals surface area (Å²) in [6.07, 6.45) is 5.35. The van der Waals surface area contributed by atoms with Gasteiger partial charge in [0.25, 0.3) is 0 Å². The molecule has 8 atom stereocenters. The number of methoxy groups -OCH3 is 2. The topological polar surface area (TPSA) is 143 Å². The molecule has 0 bridgehead atoms. The third-order valence-electron chi connectivity index (χ3n) is 10.1. The minimum atomic E-state index is -1.14. The SMILES string of the molecule is CCC(C)C(C(CC(=O)N1CCCC1C(OC)C(C)C(=O)NC12CC=C1C2)OC)N(C)C(=O)C(NC(=O)C(C)(C)N)C(C)C. The number of fused-ring (bicyclic) bond motifs is 1. The van der Waals surface area contributed by atoms with Crippen molar-refractivity contribution in [3.63, 3.8) is 0 Å². The fraction of sp³-hybridized carbons (Fsp3) is 0.818. The van der Waals surface area contributed by atoms with Crippen LogP contribution in [-0.2, 0) is 28.7 Å². The molecule has 3 rings (SSSR count). The van der Waals surface area contributed by atoms with Crippen LogP contribution in [0.5, 0.6) is 0 Å². The number of likely N-dealkylation sites (tertiary alicyclic amines) is 1. The Balaban J connectivity index is 1.75. The first-order valence-corrected chi connectivity index (χ1v) is 16.3. The number of hydrogen-bond donors (Lipinski definition) is 3. The van der Waals surface area contributed by atoms with Gasteiger partial charge in [0.1, 0.15) is 6.04 Å². The highest BCUT2D eigenvalue weighted by molar-refractivity contribution is 5.91. The number of amides is 4. The molecule has 0 spiro atoms. The molecule has 11 nitrogen and oxygen atoms in total. The first-order chi connectivity index (χ1) is 20.5. The van der Waals surface area contributed by atoms with Crippen molar-refractivity contribution in [3.05, 3.63) is 11.6 Å². The van der Waals surface area contributed by atoms with Gasteiger partial charge in [-0.15, -0.1) is 0 Å². The molecule has 1 aliphatic heterocycles. The summed E-state index contributed by atoms with van der Waals surface area (Å²) in [5, 5.41) is 6.04. The van der Waals surface area contributed by atoms with Gasteiger partial charge < -0.3 is 35.6 Å². The van der Waals surface area contributed by atoms with E-state index in [4.69, 9.17) is 15.2 Å². The summed E-state index contributed by atoms with van der Waals surface area (Å²) < 4.78 is 11.8. The molecule has 0 aromatic carbocycles. The third-order valence-corrected chi connectivity index (χ3v) is 10.1. The molecule has 2 fully saturated rings. The van der Waals surface area contributed by atoms with Crippen molar-refractivity contribution < 1.29 is 28.7 Å². The molecular formula is C33H57N5O6. The Labute approximate surface area is 264 Å². The summed E-state index contributed by atoms with van der Waals surface area (Å²) in [5.74, 6) is -1.40. The summed E-state index contributed by atoms with van der Waals surface area (Å²) in [4.78, 5) is 57.2. The highest BCUT2D eigenvalue weighted by Crippen LogP contribution is 2.54. The highest BCUT2D eigenvalue weighted by atomic mass is 16.5. The zero-order chi connectivity index (χ0) is 33.1. The van der Waals surface area contributed by atoms with Crippen molar-refractivity contribution >= 4 is 23.6 Å². The second kappa shape index (κ2) is 14.3. The second-order valence-corrected chi connectivity index (χ2v) is 14.2. The predicted molar refractivity (Wildman–Crippen MR) is 169 cm³/mol. The van der Waals surface area contributed by atoms with Crippen molar-refractivity contribution in [2.75, 3.05) is 27.8 Å². The second-order valence-electron chi connectivity index (χ2n) is 14.2. The number of hydrogen-bond acceptors (Lipinski definition) is 7. The van der Waals surface area contributed by atoms with Crippen molar-refractivity contribution in [3.8, 4) is 0 Å². The molecule has 1 saturated heterocycles. The van der Waals surface area contributed by atoms with E-state index in [1.807, 2.05) is 39.5 Å². The molecule has 0 radical (unpaired) electrons. The smallest absolute Gasteiger partial charge is 0.245 e. The Bertz CT molecular complexity index is 1100. The molecule has 2 aliphatic carbocycles. The zero-order valence-corrected chi connectivity index (χ0v) is 28.6. The minimum Gasteiger partial charge on any atom is -0.379 e. The van der Waals surface area contributed by atoms with Crippen LogP contribution in [0.1, 0.15) is 87.0 Å². The van der Waals surface area contributed by atoms with E-state index >= 15 is 0 Å². The molecular weight excluding hydrogens is 562 g/mol. The average molecular weight is 620 g/mol. The van der Waals surface area contributed by atoms with Gasteiger partial charge in [0, 0.05) is 27.8 Å². The molecule has 1 heterocycles. The summed E-state index contributed by atoms with van der Waals surface area (Å²) in [6, 6.07) is -1.44. The van der Waals surface area contributed by atoms with E-state index < -0.39 is 41.7 Å². The van der Waals surface area contributed by atoms with E-state index in [9.17, 15) is 19.2 Å². The maximum Gasteiger partial charge on any atom is 0.245 e. The molecule has 4 N–H and O–H groups in total. The number of carbonyl (C=O) groups is 4. The van der Waals surface area contributed by atoms with Crippen LogP contribution < -0.4 is 16.4 Å².